The molecule has 0 aliphatic rings. The van der Waals surface area contributed by atoms with Crippen LogP contribution < -0.4 is 10.9 Å². The summed E-state index contributed by atoms with van der Waals surface area (Å²) < 4.78 is 21.5. The number of hydrogen-bond acceptors (Lipinski definition) is 5. The molecule has 0 fully saturated rings. The maximum atomic E-state index is 10.7. The van der Waals surface area contributed by atoms with E-state index >= 15 is 0 Å². The number of pyridine rings is 1. The van der Waals surface area contributed by atoms with Crippen LogP contribution >= 0.6 is 0 Å². The first kappa shape index (κ1) is 17.3. The molecule has 0 saturated carbocycles. The Balaban J connectivity index is 0.000000235. The molecule has 0 radical (unpaired) electrons. The Kier molecular flexibility index (Phi) is 5.72. The van der Waals surface area contributed by atoms with Gasteiger partial charge in [0.15, 0.2) is 0 Å². The molecular weight excluding hydrogens is 310 g/mol. The number of hydrogen-bond donors (Lipinski definition) is 3. The van der Waals surface area contributed by atoms with Crippen LogP contribution in [0.5, 0.6) is 0 Å². The summed E-state index contributed by atoms with van der Waals surface area (Å²) in [5.74, 6) is -1.60. The van der Waals surface area contributed by atoms with Crippen LogP contribution in [0, 0.1) is 0 Å². The summed E-state index contributed by atoms with van der Waals surface area (Å²) in [7, 11) is -3.74. The van der Waals surface area contributed by atoms with Gasteiger partial charge in [-0.05, 0) is 36.4 Å². The lowest BCUT2D eigenvalue weighted by atomic mass is 10.2. The largest absolute Gasteiger partial charge is 0.478 e. The lowest BCUT2D eigenvalue weighted by molar-refractivity contribution is 0.0696. The maximum Gasteiger partial charge on any atom is 0.335 e. The third-order valence-electron chi connectivity index (χ3n) is 2.35. The predicted octanol–water partition coefficient (Wildman–Crippen LogP) is 0.213. The second-order valence-corrected chi connectivity index (χ2v) is 5.52. The molecule has 9 heteroatoms. The van der Waals surface area contributed by atoms with E-state index in [1.165, 1.54) is 18.3 Å². The quantitative estimate of drug-likeness (QED) is 0.733. The van der Waals surface area contributed by atoms with E-state index in [9.17, 15) is 18.0 Å². The molecule has 2 aromatic rings. The first-order valence-electron chi connectivity index (χ1n) is 5.79. The van der Waals surface area contributed by atoms with Crippen LogP contribution in [0.25, 0.3) is 0 Å². The summed E-state index contributed by atoms with van der Waals surface area (Å²) in [5, 5.41) is 13.3. The van der Waals surface area contributed by atoms with E-state index in [1.54, 1.807) is 18.2 Å². The summed E-state index contributed by atoms with van der Waals surface area (Å²) in [6, 6.07) is 9.68. The number of nitrogens with two attached hydrogens (primary N) is 2. The molecule has 0 bridgehead atoms. The van der Waals surface area contributed by atoms with Gasteiger partial charge in [-0.15, -0.1) is 0 Å². The number of carboxylic acids is 1. The van der Waals surface area contributed by atoms with Gasteiger partial charge in [0.05, 0.1) is 10.5 Å². The van der Waals surface area contributed by atoms with Crippen LogP contribution in [0.2, 0.25) is 0 Å². The summed E-state index contributed by atoms with van der Waals surface area (Å²) in [6.07, 6.45) is 1.53. The van der Waals surface area contributed by atoms with Gasteiger partial charge < -0.3 is 10.8 Å². The molecule has 1 amide bonds. The number of aromatic nitrogens is 1. The van der Waals surface area contributed by atoms with E-state index in [1.807, 2.05) is 0 Å². The first-order valence-corrected chi connectivity index (χ1v) is 7.33. The van der Waals surface area contributed by atoms with Gasteiger partial charge in [-0.2, -0.15) is 0 Å². The number of primary amides is 1. The Morgan fingerprint density at radius 1 is 1.05 bits per heavy atom. The zero-order chi connectivity index (χ0) is 16.8. The number of primary sulfonamides is 1. The number of carbonyl (C=O) groups is 2. The van der Waals surface area contributed by atoms with Crippen molar-refractivity contribution >= 4 is 21.9 Å². The number of carboxylic acid groups (broad SMARTS) is 1. The summed E-state index contributed by atoms with van der Waals surface area (Å²) in [6.45, 7) is 0. The number of amides is 1. The zero-order valence-corrected chi connectivity index (χ0v) is 12.0. The normalized spacial score (nSPS) is 10.2. The highest BCUT2D eigenvalue weighted by atomic mass is 32.2. The smallest absolute Gasteiger partial charge is 0.335 e. The Morgan fingerprint density at radius 2 is 1.64 bits per heavy atom. The third-order valence-corrected chi connectivity index (χ3v) is 3.28. The van der Waals surface area contributed by atoms with E-state index in [0.29, 0.717) is 5.69 Å². The molecular formula is C13H13N3O5S. The van der Waals surface area contributed by atoms with Gasteiger partial charge in [0, 0.05) is 6.20 Å². The van der Waals surface area contributed by atoms with Crippen molar-refractivity contribution in [2.24, 2.45) is 10.9 Å². The van der Waals surface area contributed by atoms with Crippen molar-refractivity contribution in [2.75, 3.05) is 0 Å². The fourth-order valence-electron chi connectivity index (χ4n) is 1.30. The van der Waals surface area contributed by atoms with Gasteiger partial charge in [-0.25, -0.2) is 18.4 Å². The fourth-order valence-corrected chi connectivity index (χ4v) is 1.81. The molecule has 0 spiro atoms. The Bertz CT molecular complexity index is 758. The molecule has 8 nitrogen and oxygen atoms in total. The van der Waals surface area contributed by atoms with E-state index in [2.05, 4.69) is 4.98 Å². The minimum absolute atomic E-state index is 0.0207. The van der Waals surface area contributed by atoms with Gasteiger partial charge >= 0.3 is 5.97 Å². The first-order chi connectivity index (χ1) is 10.2. The molecule has 0 unspecified atom stereocenters. The zero-order valence-electron chi connectivity index (χ0n) is 11.2. The minimum atomic E-state index is -3.74. The molecule has 0 aliphatic carbocycles. The molecule has 5 N–H and O–H groups in total. The van der Waals surface area contributed by atoms with Crippen molar-refractivity contribution in [3.8, 4) is 0 Å². The number of sulfonamides is 1. The molecule has 0 aliphatic heterocycles. The third kappa shape index (κ3) is 5.31. The highest BCUT2D eigenvalue weighted by Gasteiger charge is 2.08. The van der Waals surface area contributed by atoms with Gasteiger partial charge in [0.2, 0.25) is 10.0 Å². The van der Waals surface area contributed by atoms with Crippen molar-refractivity contribution in [2.45, 2.75) is 4.90 Å². The standard InChI is InChI=1S/C7H7NO4S.C6H6N2O/c8-13(11,12)6-3-1-5(2-4-6)7(9)10;7-6(9)5-3-1-2-4-8-5/h1-4H,(H,9,10)(H2,8,11,12);1-4H,(H2,7,9). The van der Waals surface area contributed by atoms with Crippen molar-refractivity contribution in [3.63, 3.8) is 0 Å². The summed E-state index contributed by atoms with van der Waals surface area (Å²) in [4.78, 5) is 24.3. The van der Waals surface area contributed by atoms with Gasteiger partial charge in [-0.3, -0.25) is 9.78 Å². The molecule has 1 heterocycles. The van der Waals surface area contributed by atoms with Crippen LogP contribution in [0.1, 0.15) is 20.8 Å². The minimum Gasteiger partial charge on any atom is -0.478 e. The van der Waals surface area contributed by atoms with Crippen molar-refractivity contribution in [1.29, 1.82) is 0 Å². The average Bonchev–Trinajstić information content (AvgIpc) is 2.48. The number of carbonyl (C=O) groups excluding carboxylic acids is 1. The van der Waals surface area contributed by atoms with Gasteiger partial charge in [0.25, 0.3) is 5.91 Å². The predicted molar refractivity (Wildman–Crippen MR) is 77.5 cm³/mol. The Labute approximate surface area is 126 Å². The Morgan fingerprint density at radius 3 is 1.95 bits per heavy atom. The molecule has 0 saturated heterocycles. The monoisotopic (exact) mass is 323 g/mol. The number of benzene rings is 1. The molecule has 1 aromatic heterocycles. The average molecular weight is 323 g/mol. The lowest BCUT2D eigenvalue weighted by Gasteiger charge is -1.97. The number of aromatic carboxylic acids is 1. The van der Waals surface area contributed by atoms with E-state index < -0.39 is 21.9 Å². The lowest BCUT2D eigenvalue weighted by Crippen LogP contribution is -2.12. The van der Waals surface area contributed by atoms with Gasteiger partial charge in [0.1, 0.15) is 5.69 Å². The molecule has 1 aromatic carbocycles. The topological polar surface area (TPSA) is 153 Å². The summed E-state index contributed by atoms with van der Waals surface area (Å²) >= 11 is 0. The molecule has 22 heavy (non-hydrogen) atoms. The van der Waals surface area contributed by atoms with Crippen LogP contribution in [-0.2, 0) is 10.0 Å². The maximum absolute atomic E-state index is 10.7. The van der Waals surface area contributed by atoms with Gasteiger partial charge in [-0.1, -0.05) is 6.07 Å². The SMILES string of the molecule is NC(=O)c1ccccn1.NS(=O)(=O)c1ccc(C(=O)O)cc1. The van der Waals surface area contributed by atoms with E-state index in [4.69, 9.17) is 16.0 Å². The number of nitrogens with zero attached hydrogens (tertiary/aromatic N) is 1. The van der Waals surface area contributed by atoms with Crippen LogP contribution in [-0.4, -0.2) is 30.4 Å². The van der Waals surface area contributed by atoms with Crippen molar-refractivity contribution in [3.05, 3.63) is 59.9 Å². The molecule has 2 rings (SSSR count). The van der Waals surface area contributed by atoms with E-state index in [-0.39, 0.29) is 10.5 Å². The number of rotatable bonds is 3. The summed E-state index contributed by atoms with van der Waals surface area (Å²) in [5.41, 5.74) is 5.24. The van der Waals surface area contributed by atoms with Crippen LogP contribution in [0.15, 0.2) is 53.6 Å². The van der Waals surface area contributed by atoms with Crippen LogP contribution in [0.4, 0.5) is 0 Å². The Hall–Kier alpha value is -2.78. The highest BCUT2D eigenvalue weighted by molar-refractivity contribution is 7.89. The molecule has 0 atom stereocenters. The van der Waals surface area contributed by atoms with E-state index in [0.717, 1.165) is 12.1 Å². The van der Waals surface area contributed by atoms with Crippen molar-refractivity contribution in [1.82, 2.24) is 4.98 Å². The van der Waals surface area contributed by atoms with Crippen molar-refractivity contribution < 1.29 is 23.1 Å². The van der Waals surface area contributed by atoms with Crippen LogP contribution in [0.3, 0.4) is 0 Å². The fraction of sp³-hybridized carbons (Fsp3) is 0. The highest BCUT2D eigenvalue weighted by Crippen LogP contribution is 2.08. The molecule has 116 valence electrons. The second kappa shape index (κ2) is 7.29. The second-order valence-electron chi connectivity index (χ2n) is 3.95.